The second-order valence-electron chi connectivity index (χ2n) is 8.85. The van der Waals surface area contributed by atoms with Crippen molar-refractivity contribution in [3.8, 4) is 17.2 Å². The van der Waals surface area contributed by atoms with Crippen LogP contribution in [-0.2, 0) is 16.1 Å². The number of carbonyl (C=O) groups is 2. The van der Waals surface area contributed by atoms with E-state index in [9.17, 15) is 9.59 Å². The second-order valence-corrected chi connectivity index (χ2v) is 8.85. The molecular formula is C29H32N2O5. The maximum atomic E-state index is 13.9. The van der Waals surface area contributed by atoms with Crippen molar-refractivity contribution in [2.24, 2.45) is 5.92 Å². The number of carbonyl (C=O) groups excluding carboxylic acids is 2. The maximum Gasteiger partial charge on any atom is 0.228 e. The summed E-state index contributed by atoms with van der Waals surface area (Å²) >= 11 is 0. The number of amides is 2. The van der Waals surface area contributed by atoms with Crippen molar-refractivity contribution >= 4 is 17.5 Å². The summed E-state index contributed by atoms with van der Waals surface area (Å²) in [4.78, 5) is 30.7. The first-order valence-electron chi connectivity index (χ1n) is 11.9. The number of methoxy groups -OCH3 is 3. The Labute approximate surface area is 212 Å². The molecule has 2 atom stereocenters. The van der Waals surface area contributed by atoms with Crippen molar-refractivity contribution in [2.45, 2.75) is 25.4 Å². The lowest BCUT2D eigenvalue weighted by Gasteiger charge is -2.42. The summed E-state index contributed by atoms with van der Waals surface area (Å²) in [7, 11) is 6.57. The van der Waals surface area contributed by atoms with E-state index in [-0.39, 0.29) is 18.2 Å². The quantitative estimate of drug-likeness (QED) is 0.453. The Morgan fingerprint density at radius 2 is 1.61 bits per heavy atom. The molecule has 1 aliphatic heterocycles. The van der Waals surface area contributed by atoms with Gasteiger partial charge in [0.15, 0.2) is 11.5 Å². The Morgan fingerprint density at radius 3 is 2.25 bits per heavy atom. The third kappa shape index (κ3) is 5.15. The Kier molecular flexibility index (Phi) is 7.78. The molecule has 1 aliphatic rings. The zero-order chi connectivity index (χ0) is 25.7. The van der Waals surface area contributed by atoms with Crippen LogP contribution in [0.3, 0.4) is 0 Å². The zero-order valence-corrected chi connectivity index (χ0v) is 21.1. The fraction of sp³-hybridized carbons (Fsp3) is 0.310. The first-order chi connectivity index (χ1) is 17.5. The van der Waals surface area contributed by atoms with E-state index in [4.69, 9.17) is 14.2 Å². The van der Waals surface area contributed by atoms with Crippen LogP contribution in [0.4, 0.5) is 5.69 Å². The van der Waals surface area contributed by atoms with Crippen molar-refractivity contribution < 1.29 is 23.8 Å². The normalized spacial score (nSPS) is 17.4. The van der Waals surface area contributed by atoms with E-state index in [2.05, 4.69) is 0 Å². The first kappa shape index (κ1) is 25.1. The van der Waals surface area contributed by atoms with Gasteiger partial charge in [-0.3, -0.25) is 9.59 Å². The van der Waals surface area contributed by atoms with Crippen LogP contribution in [0.25, 0.3) is 0 Å². The Balaban J connectivity index is 1.76. The molecule has 0 spiro atoms. The van der Waals surface area contributed by atoms with Crippen LogP contribution < -0.4 is 19.1 Å². The lowest BCUT2D eigenvalue weighted by atomic mass is 9.82. The monoisotopic (exact) mass is 488 g/mol. The fourth-order valence-corrected chi connectivity index (χ4v) is 4.83. The number of hydrogen-bond acceptors (Lipinski definition) is 5. The van der Waals surface area contributed by atoms with E-state index in [1.165, 1.54) is 0 Å². The van der Waals surface area contributed by atoms with Gasteiger partial charge in [0, 0.05) is 25.7 Å². The van der Waals surface area contributed by atoms with Crippen molar-refractivity contribution in [2.75, 3.05) is 33.3 Å². The number of nitrogens with zero attached hydrogens (tertiary/aromatic N) is 2. The minimum Gasteiger partial charge on any atom is -0.497 e. The predicted molar refractivity (Wildman–Crippen MR) is 138 cm³/mol. The summed E-state index contributed by atoms with van der Waals surface area (Å²) in [5.74, 6) is 1.35. The molecule has 1 saturated heterocycles. The number of benzene rings is 3. The van der Waals surface area contributed by atoms with E-state index in [1.54, 1.807) is 31.1 Å². The molecule has 7 nitrogen and oxygen atoms in total. The summed E-state index contributed by atoms with van der Waals surface area (Å²) in [5.41, 5.74) is 2.57. The Bertz CT molecular complexity index is 1200. The highest BCUT2D eigenvalue weighted by molar-refractivity contribution is 5.97. The minimum absolute atomic E-state index is 0.00958. The van der Waals surface area contributed by atoms with Gasteiger partial charge in [0.25, 0.3) is 0 Å². The van der Waals surface area contributed by atoms with Crippen molar-refractivity contribution in [1.82, 2.24) is 4.90 Å². The molecule has 188 valence electrons. The van der Waals surface area contributed by atoms with Gasteiger partial charge in [-0.2, -0.15) is 0 Å². The molecule has 0 aliphatic carbocycles. The molecule has 0 aromatic heterocycles. The van der Waals surface area contributed by atoms with E-state index >= 15 is 0 Å². The average Bonchev–Trinajstić information content (AvgIpc) is 2.92. The first-order valence-corrected chi connectivity index (χ1v) is 11.9. The summed E-state index contributed by atoms with van der Waals surface area (Å²) in [6, 6.07) is 22.3. The molecule has 1 heterocycles. The molecule has 0 radical (unpaired) electrons. The average molecular weight is 489 g/mol. The van der Waals surface area contributed by atoms with Crippen molar-refractivity contribution in [3.63, 3.8) is 0 Å². The number of hydrogen-bond donors (Lipinski definition) is 0. The summed E-state index contributed by atoms with van der Waals surface area (Å²) < 4.78 is 16.3. The molecule has 2 unspecified atom stereocenters. The Hall–Kier alpha value is -4.00. The van der Waals surface area contributed by atoms with Crippen LogP contribution in [-0.4, -0.2) is 45.1 Å². The lowest BCUT2D eigenvalue weighted by molar-refractivity contribution is -0.137. The standard InChI is InChI=1S/C29H32N2O5/c1-30(19-20-8-6-5-7-9-20)29(33)24-15-17-27(32)31(22-11-13-23(34-2)14-12-22)28(24)21-10-16-25(35-3)26(18-21)36-4/h5-14,16,18,24,28H,15,17,19H2,1-4H3. The largest absolute Gasteiger partial charge is 0.497 e. The Morgan fingerprint density at radius 1 is 0.917 bits per heavy atom. The SMILES string of the molecule is COc1ccc(N2C(=O)CCC(C(=O)N(C)Cc3ccccc3)C2c2ccc(OC)c(OC)c2)cc1. The summed E-state index contributed by atoms with van der Waals surface area (Å²) in [6.07, 6.45) is 0.744. The van der Waals surface area contributed by atoms with E-state index in [0.29, 0.717) is 35.9 Å². The molecule has 36 heavy (non-hydrogen) atoms. The zero-order valence-electron chi connectivity index (χ0n) is 21.1. The van der Waals surface area contributed by atoms with Gasteiger partial charge in [-0.05, 0) is 53.9 Å². The molecule has 3 aromatic rings. The molecule has 0 N–H and O–H groups in total. The molecule has 4 rings (SSSR count). The smallest absolute Gasteiger partial charge is 0.228 e. The van der Waals surface area contributed by atoms with E-state index in [1.807, 2.05) is 79.8 Å². The summed E-state index contributed by atoms with van der Waals surface area (Å²) in [5, 5.41) is 0. The third-order valence-corrected chi connectivity index (χ3v) is 6.65. The molecule has 2 amide bonds. The lowest BCUT2D eigenvalue weighted by Crippen LogP contribution is -2.48. The fourth-order valence-electron chi connectivity index (χ4n) is 4.83. The molecule has 3 aromatic carbocycles. The van der Waals surface area contributed by atoms with Gasteiger partial charge in [-0.25, -0.2) is 0 Å². The van der Waals surface area contributed by atoms with Gasteiger partial charge in [0.2, 0.25) is 11.8 Å². The number of piperidine rings is 1. The number of ether oxygens (including phenoxy) is 3. The van der Waals surface area contributed by atoms with Gasteiger partial charge in [-0.1, -0.05) is 36.4 Å². The van der Waals surface area contributed by atoms with Crippen LogP contribution in [0.1, 0.15) is 30.0 Å². The molecular weight excluding hydrogens is 456 g/mol. The second kappa shape index (κ2) is 11.2. The highest BCUT2D eigenvalue weighted by Gasteiger charge is 2.42. The number of rotatable bonds is 8. The van der Waals surface area contributed by atoms with Crippen LogP contribution in [0.15, 0.2) is 72.8 Å². The van der Waals surface area contributed by atoms with E-state index < -0.39 is 12.0 Å². The predicted octanol–water partition coefficient (Wildman–Crippen LogP) is 4.86. The molecule has 1 fully saturated rings. The van der Waals surface area contributed by atoms with Crippen molar-refractivity contribution in [1.29, 1.82) is 0 Å². The van der Waals surface area contributed by atoms with Crippen molar-refractivity contribution in [3.05, 3.63) is 83.9 Å². The van der Waals surface area contributed by atoms with E-state index in [0.717, 1.165) is 11.1 Å². The van der Waals surface area contributed by atoms with Gasteiger partial charge >= 0.3 is 0 Å². The highest BCUT2D eigenvalue weighted by atomic mass is 16.5. The number of anilines is 1. The van der Waals surface area contributed by atoms with Gasteiger partial charge in [0.1, 0.15) is 5.75 Å². The van der Waals surface area contributed by atoms with Gasteiger partial charge in [-0.15, -0.1) is 0 Å². The minimum atomic E-state index is -0.509. The topological polar surface area (TPSA) is 68.3 Å². The van der Waals surface area contributed by atoms with Gasteiger partial charge in [0.05, 0.1) is 33.3 Å². The van der Waals surface area contributed by atoms with Gasteiger partial charge < -0.3 is 24.0 Å². The molecule has 7 heteroatoms. The summed E-state index contributed by atoms with van der Waals surface area (Å²) in [6.45, 7) is 0.491. The van der Waals surface area contributed by atoms with Crippen LogP contribution in [0.5, 0.6) is 17.2 Å². The molecule has 0 saturated carbocycles. The third-order valence-electron chi connectivity index (χ3n) is 6.65. The van der Waals surface area contributed by atoms with Crippen LogP contribution in [0, 0.1) is 5.92 Å². The van der Waals surface area contributed by atoms with Crippen LogP contribution >= 0.6 is 0 Å². The van der Waals surface area contributed by atoms with Crippen LogP contribution in [0.2, 0.25) is 0 Å². The highest BCUT2D eigenvalue weighted by Crippen LogP contribution is 2.43. The maximum absolute atomic E-state index is 13.9. The molecule has 0 bridgehead atoms.